The molecule has 1 aliphatic rings. The molecule has 0 saturated carbocycles. The number of carbonyl (C=O) groups excluding carboxylic acids is 2. The molecule has 0 aromatic carbocycles. The molecule has 0 aromatic heterocycles. The number of nitrogens with one attached hydrogen (secondary N) is 1. The Morgan fingerprint density at radius 2 is 2.00 bits per heavy atom. The number of rotatable bonds is 4. The van der Waals surface area contributed by atoms with Gasteiger partial charge in [-0.2, -0.15) is 0 Å². The molecule has 17 heavy (non-hydrogen) atoms. The van der Waals surface area contributed by atoms with Gasteiger partial charge in [0.1, 0.15) is 6.04 Å². The van der Waals surface area contributed by atoms with E-state index in [4.69, 9.17) is 0 Å². The zero-order chi connectivity index (χ0) is 13.0. The zero-order valence-electron chi connectivity index (χ0n) is 11.3. The van der Waals surface area contributed by atoms with Crippen molar-refractivity contribution in [3.05, 3.63) is 0 Å². The Balaban J connectivity index is 2.83. The zero-order valence-corrected chi connectivity index (χ0v) is 11.3. The van der Waals surface area contributed by atoms with Gasteiger partial charge in [-0.1, -0.05) is 27.2 Å². The highest BCUT2D eigenvalue weighted by molar-refractivity contribution is 5.90. The van der Waals surface area contributed by atoms with E-state index in [-0.39, 0.29) is 29.8 Å². The molecule has 1 fully saturated rings. The molecule has 2 unspecified atom stereocenters. The highest BCUT2D eigenvalue weighted by atomic mass is 16.2. The molecule has 0 bridgehead atoms. The lowest BCUT2D eigenvalue weighted by Crippen LogP contribution is -2.50. The first kappa shape index (κ1) is 14.0. The van der Waals surface area contributed by atoms with Crippen LogP contribution in [0.4, 0.5) is 0 Å². The van der Waals surface area contributed by atoms with Gasteiger partial charge < -0.3 is 10.2 Å². The smallest absolute Gasteiger partial charge is 0.245 e. The highest BCUT2D eigenvalue weighted by Gasteiger charge is 2.33. The van der Waals surface area contributed by atoms with Crippen LogP contribution in [-0.4, -0.2) is 35.3 Å². The lowest BCUT2D eigenvalue weighted by Gasteiger charge is -2.31. The minimum Gasteiger partial charge on any atom is -0.344 e. The second kappa shape index (κ2) is 6.03. The van der Waals surface area contributed by atoms with Crippen molar-refractivity contribution in [2.24, 2.45) is 5.92 Å². The van der Waals surface area contributed by atoms with Crippen LogP contribution < -0.4 is 5.32 Å². The minimum atomic E-state index is -0.357. The van der Waals surface area contributed by atoms with Crippen molar-refractivity contribution in [3.8, 4) is 0 Å². The summed E-state index contributed by atoms with van der Waals surface area (Å²) < 4.78 is 0. The van der Waals surface area contributed by atoms with Crippen molar-refractivity contribution >= 4 is 11.8 Å². The molecule has 0 spiro atoms. The number of nitrogens with zero attached hydrogens (tertiary/aromatic N) is 1. The van der Waals surface area contributed by atoms with E-state index >= 15 is 0 Å². The van der Waals surface area contributed by atoms with Crippen LogP contribution in [-0.2, 0) is 9.59 Å². The van der Waals surface area contributed by atoms with E-state index in [1.807, 2.05) is 18.7 Å². The predicted octanol–water partition coefficient (Wildman–Crippen LogP) is 1.55. The highest BCUT2D eigenvalue weighted by Crippen LogP contribution is 2.15. The van der Waals surface area contributed by atoms with Crippen LogP contribution in [0.2, 0.25) is 0 Å². The van der Waals surface area contributed by atoms with Gasteiger partial charge in [0, 0.05) is 19.0 Å². The molecule has 4 nitrogen and oxygen atoms in total. The van der Waals surface area contributed by atoms with Gasteiger partial charge in [0.2, 0.25) is 11.8 Å². The van der Waals surface area contributed by atoms with Crippen LogP contribution >= 0.6 is 0 Å². The first-order valence-corrected chi connectivity index (χ1v) is 6.57. The van der Waals surface area contributed by atoms with Crippen LogP contribution in [0.5, 0.6) is 0 Å². The summed E-state index contributed by atoms with van der Waals surface area (Å²) in [5.41, 5.74) is 0. The van der Waals surface area contributed by atoms with Gasteiger partial charge in [0.05, 0.1) is 0 Å². The molecule has 98 valence electrons. The number of carbonyl (C=O) groups is 2. The average Bonchev–Trinajstić information content (AvgIpc) is 2.39. The number of amides is 2. The number of hydrogen-bond donors (Lipinski definition) is 1. The molecule has 1 heterocycles. The van der Waals surface area contributed by atoms with Crippen molar-refractivity contribution < 1.29 is 9.59 Å². The third-order valence-corrected chi connectivity index (χ3v) is 3.35. The molecular formula is C13H24N2O2. The average molecular weight is 240 g/mol. The second-order valence-corrected chi connectivity index (χ2v) is 5.21. The van der Waals surface area contributed by atoms with Crippen molar-refractivity contribution in [3.63, 3.8) is 0 Å². The first-order valence-electron chi connectivity index (χ1n) is 6.57. The number of hydrogen-bond acceptors (Lipinski definition) is 2. The van der Waals surface area contributed by atoms with Gasteiger partial charge in [-0.15, -0.1) is 0 Å². The van der Waals surface area contributed by atoms with E-state index in [1.165, 1.54) is 0 Å². The SMILES string of the molecule is CCCC(C)N1CCC(=O)NC(C(C)C)C1=O. The summed E-state index contributed by atoms with van der Waals surface area (Å²) >= 11 is 0. The maximum absolute atomic E-state index is 12.4. The van der Waals surface area contributed by atoms with Crippen LogP contribution in [0, 0.1) is 5.92 Å². The fourth-order valence-corrected chi connectivity index (χ4v) is 2.28. The Bertz CT molecular complexity index is 289. The minimum absolute atomic E-state index is 0.0109. The molecular weight excluding hydrogens is 216 g/mol. The summed E-state index contributed by atoms with van der Waals surface area (Å²) in [6, 6.07) is -0.134. The molecule has 1 saturated heterocycles. The first-order chi connectivity index (χ1) is 7.97. The molecule has 0 radical (unpaired) electrons. The van der Waals surface area contributed by atoms with Crippen LogP contribution in [0.25, 0.3) is 0 Å². The van der Waals surface area contributed by atoms with Crippen molar-refractivity contribution in [1.82, 2.24) is 10.2 Å². The van der Waals surface area contributed by atoms with Crippen molar-refractivity contribution in [1.29, 1.82) is 0 Å². The normalized spacial score (nSPS) is 23.6. The fourth-order valence-electron chi connectivity index (χ4n) is 2.28. The summed E-state index contributed by atoms with van der Waals surface area (Å²) in [5.74, 6) is 0.205. The van der Waals surface area contributed by atoms with Gasteiger partial charge >= 0.3 is 0 Å². The monoisotopic (exact) mass is 240 g/mol. The Morgan fingerprint density at radius 3 is 2.53 bits per heavy atom. The van der Waals surface area contributed by atoms with E-state index in [0.717, 1.165) is 12.8 Å². The summed E-state index contributed by atoms with van der Waals surface area (Å²) in [4.78, 5) is 25.8. The quantitative estimate of drug-likeness (QED) is 0.810. The third-order valence-electron chi connectivity index (χ3n) is 3.35. The molecule has 0 aliphatic carbocycles. The van der Waals surface area contributed by atoms with E-state index in [0.29, 0.717) is 13.0 Å². The fraction of sp³-hybridized carbons (Fsp3) is 0.846. The maximum Gasteiger partial charge on any atom is 0.245 e. The Kier molecular flexibility index (Phi) is 4.97. The van der Waals surface area contributed by atoms with Crippen molar-refractivity contribution in [2.75, 3.05) is 6.54 Å². The maximum atomic E-state index is 12.4. The lowest BCUT2D eigenvalue weighted by atomic mass is 10.0. The molecule has 0 aromatic rings. The van der Waals surface area contributed by atoms with Gasteiger partial charge in [-0.25, -0.2) is 0 Å². The van der Waals surface area contributed by atoms with Gasteiger partial charge in [-0.3, -0.25) is 9.59 Å². The van der Waals surface area contributed by atoms with Crippen molar-refractivity contribution in [2.45, 2.75) is 59.0 Å². The van der Waals surface area contributed by atoms with E-state index < -0.39 is 0 Å². The van der Waals surface area contributed by atoms with E-state index in [2.05, 4.69) is 19.2 Å². The summed E-state index contributed by atoms with van der Waals surface area (Å²) in [6.45, 7) is 8.67. The Labute approximate surface area is 104 Å². The van der Waals surface area contributed by atoms with E-state index in [9.17, 15) is 9.59 Å². The molecule has 1 N–H and O–H groups in total. The van der Waals surface area contributed by atoms with Crippen LogP contribution in [0.3, 0.4) is 0 Å². The lowest BCUT2D eigenvalue weighted by molar-refractivity contribution is -0.136. The summed E-state index contributed by atoms with van der Waals surface area (Å²) in [6.07, 6.45) is 2.46. The van der Waals surface area contributed by atoms with Gasteiger partial charge in [0.15, 0.2) is 0 Å². The Morgan fingerprint density at radius 1 is 1.35 bits per heavy atom. The van der Waals surface area contributed by atoms with E-state index in [1.54, 1.807) is 0 Å². The molecule has 2 atom stereocenters. The largest absolute Gasteiger partial charge is 0.344 e. The second-order valence-electron chi connectivity index (χ2n) is 5.21. The molecule has 4 heteroatoms. The standard InChI is InChI=1S/C13H24N2O2/c1-5-6-10(4)15-8-7-11(16)14-12(9(2)3)13(15)17/h9-10,12H,5-8H2,1-4H3,(H,14,16). The molecule has 1 aliphatic heterocycles. The third kappa shape index (κ3) is 3.45. The van der Waals surface area contributed by atoms with Gasteiger partial charge in [0.25, 0.3) is 0 Å². The summed E-state index contributed by atoms with van der Waals surface area (Å²) in [5, 5.41) is 2.82. The molecule has 2 amide bonds. The topological polar surface area (TPSA) is 49.4 Å². The summed E-state index contributed by atoms with van der Waals surface area (Å²) in [7, 11) is 0. The Hall–Kier alpha value is -1.06. The predicted molar refractivity (Wildman–Crippen MR) is 67.5 cm³/mol. The molecule has 1 rings (SSSR count). The van der Waals surface area contributed by atoms with Crippen LogP contribution in [0.1, 0.15) is 47.0 Å². The van der Waals surface area contributed by atoms with Gasteiger partial charge in [-0.05, 0) is 19.3 Å². The van der Waals surface area contributed by atoms with Crippen LogP contribution in [0.15, 0.2) is 0 Å².